The number of aliphatic hydroxyl groups is 1. The third-order valence-electron chi connectivity index (χ3n) is 4.29. The molecule has 0 aromatic heterocycles. The van der Waals surface area contributed by atoms with E-state index in [1.165, 1.54) is 43.2 Å². The lowest BCUT2D eigenvalue weighted by molar-refractivity contribution is 0.287. The molecule has 0 bridgehead atoms. The minimum atomic E-state index is 0.234. The molecule has 1 aromatic rings. The average molecular weight is 247 g/mol. The van der Waals surface area contributed by atoms with Crippen molar-refractivity contribution in [1.82, 2.24) is 5.32 Å². The summed E-state index contributed by atoms with van der Waals surface area (Å²) >= 11 is 0. The van der Waals surface area contributed by atoms with E-state index in [-0.39, 0.29) is 6.61 Å². The van der Waals surface area contributed by atoms with Crippen molar-refractivity contribution in [3.05, 3.63) is 35.4 Å². The van der Waals surface area contributed by atoms with Crippen molar-refractivity contribution in [2.75, 3.05) is 19.7 Å². The normalized spacial score (nSPS) is 18.1. The van der Waals surface area contributed by atoms with Crippen LogP contribution in [0.25, 0.3) is 0 Å². The van der Waals surface area contributed by atoms with Gasteiger partial charge in [0.2, 0.25) is 0 Å². The molecular weight excluding hydrogens is 222 g/mol. The van der Waals surface area contributed by atoms with Crippen LogP contribution in [0, 0.1) is 6.92 Å². The van der Waals surface area contributed by atoms with Crippen molar-refractivity contribution in [3.8, 4) is 0 Å². The molecular formula is C16H25NO. The molecule has 0 heterocycles. The first kappa shape index (κ1) is 13.6. The van der Waals surface area contributed by atoms with Gasteiger partial charge in [-0.3, -0.25) is 0 Å². The van der Waals surface area contributed by atoms with E-state index in [4.69, 9.17) is 5.11 Å². The summed E-state index contributed by atoms with van der Waals surface area (Å²) in [5, 5.41) is 12.1. The van der Waals surface area contributed by atoms with Gasteiger partial charge in [0.15, 0.2) is 0 Å². The fraction of sp³-hybridized carbons (Fsp3) is 0.625. The quantitative estimate of drug-likeness (QED) is 0.758. The number of aliphatic hydroxyl groups excluding tert-OH is 1. The van der Waals surface area contributed by atoms with Crippen LogP contribution in [0.5, 0.6) is 0 Å². The summed E-state index contributed by atoms with van der Waals surface area (Å²) in [6, 6.07) is 9.09. The molecule has 0 amide bonds. The predicted molar refractivity (Wildman–Crippen MR) is 75.9 cm³/mol. The van der Waals surface area contributed by atoms with Crippen LogP contribution >= 0.6 is 0 Å². The first-order valence-electron chi connectivity index (χ1n) is 7.16. The fourth-order valence-electron chi connectivity index (χ4n) is 3.17. The molecule has 0 unspecified atom stereocenters. The van der Waals surface area contributed by atoms with E-state index < -0.39 is 0 Å². The maximum absolute atomic E-state index is 8.81. The Morgan fingerprint density at radius 3 is 2.39 bits per heavy atom. The molecule has 0 saturated heterocycles. The zero-order chi connectivity index (χ0) is 12.8. The smallest absolute Gasteiger partial charge is 0.0555 e. The highest BCUT2D eigenvalue weighted by molar-refractivity contribution is 5.29. The van der Waals surface area contributed by atoms with Gasteiger partial charge in [-0.25, -0.2) is 0 Å². The summed E-state index contributed by atoms with van der Waals surface area (Å²) in [7, 11) is 0. The van der Waals surface area contributed by atoms with Gasteiger partial charge >= 0.3 is 0 Å². The molecule has 100 valence electrons. The molecule has 2 N–H and O–H groups in total. The molecule has 1 aromatic carbocycles. The van der Waals surface area contributed by atoms with Crippen LogP contribution in [0.3, 0.4) is 0 Å². The Morgan fingerprint density at radius 2 is 1.78 bits per heavy atom. The summed E-state index contributed by atoms with van der Waals surface area (Å²) in [5.74, 6) is 0. The number of aryl methyl sites for hydroxylation is 1. The SMILES string of the molecule is Cc1ccc(C2(CCNCCO)CCCC2)cc1. The zero-order valence-corrected chi connectivity index (χ0v) is 11.4. The molecule has 2 heteroatoms. The van der Waals surface area contributed by atoms with Gasteiger partial charge in [0.05, 0.1) is 6.61 Å². The lowest BCUT2D eigenvalue weighted by Gasteiger charge is -2.30. The van der Waals surface area contributed by atoms with Crippen LogP contribution in [0.15, 0.2) is 24.3 Å². The monoisotopic (exact) mass is 247 g/mol. The van der Waals surface area contributed by atoms with E-state index >= 15 is 0 Å². The largest absolute Gasteiger partial charge is 0.395 e. The summed E-state index contributed by atoms with van der Waals surface area (Å²) in [6.45, 7) is 4.10. The number of benzene rings is 1. The van der Waals surface area contributed by atoms with Gasteiger partial charge in [-0.1, -0.05) is 42.7 Å². The van der Waals surface area contributed by atoms with Crippen LogP contribution in [-0.4, -0.2) is 24.8 Å². The van der Waals surface area contributed by atoms with Gasteiger partial charge < -0.3 is 10.4 Å². The second kappa shape index (κ2) is 6.35. The average Bonchev–Trinajstić information content (AvgIpc) is 2.85. The standard InChI is InChI=1S/C16H25NO/c1-14-4-6-15(7-5-14)16(8-2-3-9-16)10-11-17-12-13-18/h4-7,17-18H,2-3,8-13H2,1H3. The van der Waals surface area contributed by atoms with Crippen molar-refractivity contribution in [2.45, 2.75) is 44.4 Å². The predicted octanol–water partition coefficient (Wildman–Crippen LogP) is 2.78. The molecule has 0 atom stereocenters. The minimum Gasteiger partial charge on any atom is -0.395 e. The summed E-state index contributed by atoms with van der Waals surface area (Å²) in [4.78, 5) is 0. The second-order valence-electron chi connectivity index (χ2n) is 5.58. The number of rotatable bonds is 6. The van der Waals surface area contributed by atoms with E-state index in [2.05, 4.69) is 36.5 Å². The first-order chi connectivity index (χ1) is 8.77. The third kappa shape index (κ3) is 3.12. The zero-order valence-electron chi connectivity index (χ0n) is 11.4. The Kier molecular flexibility index (Phi) is 4.79. The van der Waals surface area contributed by atoms with Crippen molar-refractivity contribution >= 4 is 0 Å². The highest BCUT2D eigenvalue weighted by atomic mass is 16.3. The second-order valence-corrected chi connectivity index (χ2v) is 5.58. The van der Waals surface area contributed by atoms with Crippen LogP contribution in [-0.2, 0) is 5.41 Å². The highest BCUT2D eigenvalue weighted by Crippen LogP contribution is 2.43. The Hall–Kier alpha value is -0.860. The minimum absolute atomic E-state index is 0.234. The number of nitrogens with one attached hydrogen (secondary N) is 1. The molecule has 18 heavy (non-hydrogen) atoms. The first-order valence-corrected chi connectivity index (χ1v) is 7.16. The van der Waals surface area contributed by atoms with Gasteiger partial charge in [0, 0.05) is 6.54 Å². The van der Waals surface area contributed by atoms with Crippen molar-refractivity contribution in [1.29, 1.82) is 0 Å². The van der Waals surface area contributed by atoms with E-state index in [9.17, 15) is 0 Å². The van der Waals surface area contributed by atoms with E-state index in [1.54, 1.807) is 0 Å². The van der Waals surface area contributed by atoms with Crippen LogP contribution < -0.4 is 5.32 Å². The Labute approximate surface area is 110 Å². The fourth-order valence-corrected chi connectivity index (χ4v) is 3.17. The lowest BCUT2D eigenvalue weighted by atomic mass is 9.76. The van der Waals surface area contributed by atoms with E-state index in [1.807, 2.05) is 0 Å². The van der Waals surface area contributed by atoms with Crippen molar-refractivity contribution in [2.24, 2.45) is 0 Å². The summed E-state index contributed by atoms with van der Waals surface area (Å²) in [5.41, 5.74) is 3.23. The van der Waals surface area contributed by atoms with Gasteiger partial charge in [0.25, 0.3) is 0 Å². The van der Waals surface area contributed by atoms with Crippen LogP contribution in [0.1, 0.15) is 43.2 Å². The molecule has 2 nitrogen and oxygen atoms in total. The van der Waals surface area contributed by atoms with E-state index in [0.29, 0.717) is 12.0 Å². The summed E-state index contributed by atoms with van der Waals surface area (Å²) in [6.07, 6.45) is 6.53. The maximum atomic E-state index is 8.81. The third-order valence-corrected chi connectivity index (χ3v) is 4.29. The molecule has 1 fully saturated rings. The van der Waals surface area contributed by atoms with Crippen LogP contribution in [0.2, 0.25) is 0 Å². The Bertz CT molecular complexity index is 352. The van der Waals surface area contributed by atoms with E-state index in [0.717, 1.165) is 6.54 Å². The molecule has 1 aliphatic carbocycles. The molecule has 1 aliphatic rings. The van der Waals surface area contributed by atoms with Gasteiger partial charge in [0.1, 0.15) is 0 Å². The molecule has 0 aliphatic heterocycles. The summed E-state index contributed by atoms with van der Waals surface area (Å²) < 4.78 is 0. The topological polar surface area (TPSA) is 32.3 Å². The maximum Gasteiger partial charge on any atom is 0.0555 e. The van der Waals surface area contributed by atoms with Gasteiger partial charge in [-0.05, 0) is 43.7 Å². The molecule has 1 saturated carbocycles. The molecule has 2 rings (SSSR count). The van der Waals surface area contributed by atoms with Crippen molar-refractivity contribution in [3.63, 3.8) is 0 Å². The van der Waals surface area contributed by atoms with Gasteiger partial charge in [-0.15, -0.1) is 0 Å². The lowest BCUT2D eigenvalue weighted by Crippen LogP contribution is -2.29. The molecule has 0 spiro atoms. The Morgan fingerprint density at radius 1 is 1.11 bits per heavy atom. The van der Waals surface area contributed by atoms with Gasteiger partial charge in [-0.2, -0.15) is 0 Å². The number of hydrogen-bond donors (Lipinski definition) is 2. The Balaban J connectivity index is 2.04. The molecule has 0 radical (unpaired) electrons. The highest BCUT2D eigenvalue weighted by Gasteiger charge is 2.34. The van der Waals surface area contributed by atoms with Crippen LogP contribution in [0.4, 0.5) is 0 Å². The number of hydrogen-bond acceptors (Lipinski definition) is 2. The van der Waals surface area contributed by atoms with Crippen molar-refractivity contribution < 1.29 is 5.11 Å².